The van der Waals surface area contributed by atoms with Crippen molar-refractivity contribution in [1.82, 2.24) is 4.98 Å². The monoisotopic (exact) mass is 357 g/mol. The first kappa shape index (κ1) is 17.5. The fourth-order valence-electron chi connectivity index (χ4n) is 3.49. The zero-order valence-corrected chi connectivity index (χ0v) is 14.2. The predicted molar refractivity (Wildman–Crippen MR) is 97.0 cm³/mol. The number of aromatic amines is 1. The number of benzene rings is 1. The summed E-state index contributed by atoms with van der Waals surface area (Å²) in [6, 6.07) is 5.23. The lowest BCUT2D eigenvalue weighted by molar-refractivity contribution is 0.0695. The molecule has 5 N–H and O–H groups in total. The van der Waals surface area contributed by atoms with Gasteiger partial charge in [0.25, 0.3) is 5.56 Å². The number of pyridine rings is 1. The van der Waals surface area contributed by atoms with E-state index in [0.717, 1.165) is 37.2 Å². The molecule has 0 saturated heterocycles. The van der Waals surface area contributed by atoms with Crippen LogP contribution >= 0.6 is 0 Å². The van der Waals surface area contributed by atoms with Crippen LogP contribution in [0.5, 0.6) is 0 Å². The van der Waals surface area contributed by atoms with Crippen LogP contribution in [0.25, 0.3) is 11.1 Å². The van der Waals surface area contributed by atoms with Crippen LogP contribution in [-0.4, -0.2) is 40.2 Å². The number of carboxylic acid groups (broad SMARTS) is 2. The van der Waals surface area contributed by atoms with Crippen molar-refractivity contribution in [3.63, 3.8) is 0 Å². The van der Waals surface area contributed by atoms with Gasteiger partial charge in [-0.3, -0.25) is 4.79 Å². The summed E-state index contributed by atoms with van der Waals surface area (Å²) in [6.45, 7) is 3.82. The third kappa shape index (κ3) is 2.79. The molecule has 0 bridgehead atoms. The van der Waals surface area contributed by atoms with E-state index >= 15 is 0 Å². The van der Waals surface area contributed by atoms with Crippen LogP contribution in [0, 0.1) is 0 Å². The van der Waals surface area contributed by atoms with E-state index in [1.54, 1.807) is 12.1 Å². The van der Waals surface area contributed by atoms with Gasteiger partial charge in [0.05, 0.1) is 0 Å². The average molecular weight is 357 g/mol. The van der Waals surface area contributed by atoms with E-state index in [1.165, 1.54) is 0 Å². The van der Waals surface area contributed by atoms with Crippen LogP contribution in [0.3, 0.4) is 0 Å². The third-order valence-corrected chi connectivity index (χ3v) is 4.64. The molecule has 26 heavy (non-hydrogen) atoms. The number of hydrogen-bond donors (Lipinski definition) is 4. The van der Waals surface area contributed by atoms with Crippen LogP contribution in [-0.2, 0) is 6.42 Å². The van der Waals surface area contributed by atoms with Gasteiger partial charge >= 0.3 is 11.9 Å². The fourth-order valence-corrected chi connectivity index (χ4v) is 3.49. The molecule has 1 aliphatic rings. The van der Waals surface area contributed by atoms with Gasteiger partial charge < -0.3 is 25.8 Å². The van der Waals surface area contributed by atoms with Crippen LogP contribution in [0.4, 0.5) is 11.5 Å². The highest BCUT2D eigenvalue weighted by molar-refractivity contribution is 6.07. The molecule has 0 saturated carbocycles. The highest BCUT2D eigenvalue weighted by Gasteiger charge is 2.27. The number of carboxylic acids is 2. The molecular formula is C18H19N3O5. The van der Waals surface area contributed by atoms with Gasteiger partial charge in [-0.05, 0) is 43.0 Å². The van der Waals surface area contributed by atoms with Crippen LogP contribution in [0.1, 0.15) is 39.6 Å². The van der Waals surface area contributed by atoms with Crippen molar-refractivity contribution in [1.29, 1.82) is 0 Å². The number of nitrogen functional groups attached to an aromatic ring is 1. The van der Waals surface area contributed by atoms with Gasteiger partial charge in [0, 0.05) is 24.3 Å². The normalized spacial score (nSPS) is 13.3. The molecule has 2 heterocycles. The molecule has 0 amide bonds. The highest BCUT2D eigenvalue weighted by Crippen LogP contribution is 2.35. The van der Waals surface area contributed by atoms with Crippen molar-refractivity contribution in [2.45, 2.75) is 19.8 Å². The molecular weight excluding hydrogens is 338 g/mol. The molecule has 8 nitrogen and oxygen atoms in total. The Hall–Kier alpha value is -3.29. The third-order valence-electron chi connectivity index (χ3n) is 4.64. The summed E-state index contributed by atoms with van der Waals surface area (Å²) in [5.74, 6) is -3.27. The van der Waals surface area contributed by atoms with Crippen molar-refractivity contribution in [2.75, 3.05) is 23.7 Å². The van der Waals surface area contributed by atoms with Crippen molar-refractivity contribution >= 4 is 23.4 Å². The zero-order chi connectivity index (χ0) is 19.0. The maximum atomic E-state index is 12.1. The number of anilines is 2. The van der Waals surface area contributed by atoms with E-state index in [1.807, 2.05) is 13.0 Å². The summed E-state index contributed by atoms with van der Waals surface area (Å²) in [5.41, 5.74) is 5.92. The predicted octanol–water partition coefficient (Wildman–Crippen LogP) is 1.79. The number of aromatic nitrogens is 1. The van der Waals surface area contributed by atoms with E-state index in [-0.39, 0.29) is 11.4 Å². The molecule has 1 aromatic carbocycles. The topological polar surface area (TPSA) is 137 Å². The van der Waals surface area contributed by atoms with Crippen LogP contribution in [0.2, 0.25) is 0 Å². The molecule has 8 heteroatoms. The first-order valence-electron chi connectivity index (χ1n) is 8.25. The summed E-state index contributed by atoms with van der Waals surface area (Å²) in [7, 11) is 0. The number of nitrogens with zero attached hydrogens (tertiary/aromatic N) is 1. The second-order valence-corrected chi connectivity index (χ2v) is 6.13. The minimum atomic E-state index is -1.50. The van der Waals surface area contributed by atoms with Crippen molar-refractivity contribution in [3.05, 3.63) is 45.2 Å². The number of fused-ring (bicyclic) bond motifs is 1. The Balaban J connectivity index is 2.32. The minimum absolute atomic E-state index is 0.164. The summed E-state index contributed by atoms with van der Waals surface area (Å²) >= 11 is 0. The van der Waals surface area contributed by atoms with E-state index in [2.05, 4.69) is 9.88 Å². The second-order valence-electron chi connectivity index (χ2n) is 6.13. The molecule has 3 rings (SSSR count). The molecule has 1 aromatic heterocycles. The maximum Gasteiger partial charge on any atom is 0.342 e. The summed E-state index contributed by atoms with van der Waals surface area (Å²) in [4.78, 5) is 39.7. The number of aryl methyl sites for hydroxylation is 1. The standard InChI is InChI=1S/C18H19N3O5/c1-2-21-7-3-4-9-8-10(5-6-11(9)21)12-13(17(23)24)15(19)20-16(22)14(12)18(25)26/h5-6,8H,2-4,7H2,1H3,(H,23,24)(H,25,26)(H3,19,20,22). The molecule has 2 aromatic rings. The lowest BCUT2D eigenvalue weighted by Crippen LogP contribution is -2.29. The smallest absolute Gasteiger partial charge is 0.342 e. The Labute approximate surface area is 148 Å². The Morgan fingerprint density at radius 2 is 1.92 bits per heavy atom. The summed E-state index contributed by atoms with van der Waals surface area (Å²) in [6.07, 6.45) is 1.74. The molecule has 0 unspecified atom stereocenters. The Bertz CT molecular complexity index is 964. The number of aromatic carboxylic acids is 2. The van der Waals surface area contributed by atoms with Crippen molar-refractivity contribution < 1.29 is 19.8 Å². The lowest BCUT2D eigenvalue weighted by Gasteiger charge is -2.30. The quantitative estimate of drug-likeness (QED) is 0.654. The van der Waals surface area contributed by atoms with Gasteiger partial charge in [0.15, 0.2) is 0 Å². The summed E-state index contributed by atoms with van der Waals surface area (Å²) in [5, 5.41) is 19.0. The van der Waals surface area contributed by atoms with Gasteiger partial charge in [0.2, 0.25) is 0 Å². The first-order valence-corrected chi connectivity index (χ1v) is 8.25. The van der Waals surface area contributed by atoms with Gasteiger partial charge in [-0.25, -0.2) is 9.59 Å². The number of rotatable bonds is 4. The molecule has 136 valence electrons. The van der Waals surface area contributed by atoms with Crippen molar-refractivity contribution in [2.24, 2.45) is 0 Å². The number of carbonyl (C=O) groups is 2. The molecule has 0 spiro atoms. The first-order chi connectivity index (χ1) is 12.3. The number of nitrogens with one attached hydrogen (secondary N) is 1. The van der Waals surface area contributed by atoms with Crippen LogP contribution < -0.4 is 16.2 Å². The van der Waals surface area contributed by atoms with Gasteiger partial charge in [-0.2, -0.15) is 0 Å². The Morgan fingerprint density at radius 1 is 1.23 bits per heavy atom. The fraction of sp³-hybridized carbons (Fsp3) is 0.278. The van der Waals surface area contributed by atoms with Gasteiger partial charge in [-0.15, -0.1) is 0 Å². The molecule has 0 radical (unpaired) electrons. The summed E-state index contributed by atoms with van der Waals surface area (Å²) < 4.78 is 0. The maximum absolute atomic E-state index is 12.1. The van der Waals surface area contributed by atoms with E-state index in [4.69, 9.17) is 5.73 Å². The van der Waals surface area contributed by atoms with Crippen LogP contribution in [0.15, 0.2) is 23.0 Å². The van der Waals surface area contributed by atoms with Crippen molar-refractivity contribution in [3.8, 4) is 11.1 Å². The number of hydrogen-bond acceptors (Lipinski definition) is 5. The molecule has 0 atom stereocenters. The Morgan fingerprint density at radius 3 is 2.54 bits per heavy atom. The largest absolute Gasteiger partial charge is 0.478 e. The van der Waals surface area contributed by atoms with E-state index < -0.39 is 28.6 Å². The van der Waals surface area contributed by atoms with Gasteiger partial charge in [0.1, 0.15) is 16.9 Å². The lowest BCUT2D eigenvalue weighted by atomic mass is 9.91. The SMILES string of the molecule is CCN1CCCc2cc(-c3c(C(=O)O)c(N)[nH]c(=O)c3C(=O)O)ccc21. The molecule has 0 aliphatic carbocycles. The number of nitrogens with two attached hydrogens (primary N) is 1. The highest BCUT2D eigenvalue weighted by atomic mass is 16.4. The molecule has 1 aliphatic heterocycles. The number of H-pyrrole nitrogens is 1. The minimum Gasteiger partial charge on any atom is -0.478 e. The van der Waals surface area contributed by atoms with Gasteiger partial charge in [-0.1, -0.05) is 6.07 Å². The zero-order valence-electron chi connectivity index (χ0n) is 14.2. The van der Waals surface area contributed by atoms with E-state index in [9.17, 15) is 24.6 Å². The molecule has 0 fully saturated rings. The van der Waals surface area contributed by atoms with E-state index in [0.29, 0.717) is 5.56 Å². The Kier molecular flexibility index (Phi) is 4.41. The second kappa shape index (κ2) is 6.55. The average Bonchev–Trinajstić information content (AvgIpc) is 2.59.